The van der Waals surface area contributed by atoms with Crippen LogP contribution in [0.5, 0.6) is 0 Å². The summed E-state index contributed by atoms with van der Waals surface area (Å²) >= 11 is 0. The van der Waals surface area contributed by atoms with E-state index >= 15 is 0 Å². The Hall–Kier alpha value is -3.41. The Labute approximate surface area is 201 Å². The Bertz CT molecular complexity index is 1170. The minimum absolute atomic E-state index is 0.239. The third kappa shape index (κ3) is 5.93. The summed E-state index contributed by atoms with van der Waals surface area (Å²) in [6.45, 7) is 7.49. The first-order chi connectivity index (χ1) is 16.7. The van der Waals surface area contributed by atoms with Crippen LogP contribution in [0.4, 0.5) is 0 Å². The van der Waals surface area contributed by atoms with Gasteiger partial charge in [-0.25, -0.2) is 9.97 Å². The van der Waals surface area contributed by atoms with Crippen LogP contribution in [0.1, 0.15) is 55.6 Å². The molecule has 1 aromatic carbocycles. The van der Waals surface area contributed by atoms with Crippen LogP contribution in [0.25, 0.3) is 11.4 Å². The molecular formula is C29H31N3O2. The highest BCUT2D eigenvalue weighted by Gasteiger charge is 2.20. The molecule has 0 aliphatic carbocycles. The molecule has 0 saturated carbocycles. The molecule has 3 heterocycles. The molecule has 0 bridgehead atoms. The molecule has 0 aliphatic heterocycles. The second kappa shape index (κ2) is 11.6. The van der Waals surface area contributed by atoms with Crippen molar-refractivity contribution in [2.45, 2.75) is 33.0 Å². The lowest BCUT2D eigenvalue weighted by Crippen LogP contribution is -2.13. The molecule has 2 atom stereocenters. The van der Waals surface area contributed by atoms with Gasteiger partial charge in [-0.05, 0) is 54.8 Å². The van der Waals surface area contributed by atoms with Crippen molar-refractivity contribution in [3.63, 3.8) is 0 Å². The molecule has 4 aromatic rings. The molecule has 0 N–H and O–H groups in total. The summed E-state index contributed by atoms with van der Waals surface area (Å²) in [5.41, 5.74) is 5.17. The van der Waals surface area contributed by atoms with Gasteiger partial charge in [0.05, 0.1) is 35.1 Å². The number of ether oxygens (including phenoxy) is 2. The zero-order valence-electron chi connectivity index (χ0n) is 20.0. The number of hydrogen-bond acceptors (Lipinski definition) is 5. The molecule has 0 aliphatic rings. The largest absolute Gasteiger partial charge is 0.367 e. The maximum Gasteiger partial charge on any atom is 0.141 e. The lowest BCUT2D eigenvalue weighted by Gasteiger charge is -2.20. The van der Waals surface area contributed by atoms with Gasteiger partial charge in [0, 0.05) is 12.8 Å². The minimum atomic E-state index is -0.333. The smallest absolute Gasteiger partial charge is 0.141 e. The van der Waals surface area contributed by atoms with E-state index in [-0.39, 0.29) is 12.2 Å². The highest BCUT2D eigenvalue weighted by Crippen LogP contribution is 2.29. The van der Waals surface area contributed by atoms with E-state index < -0.39 is 0 Å². The fraction of sp³-hybridized carbons (Fsp3) is 0.276. The van der Waals surface area contributed by atoms with Crippen molar-refractivity contribution >= 4 is 0 Å². The SMILES string of the molecule is CCOC(c1ccccn1)c1cccc(-c2cccc(C(OCC(C)C)c3ccccc3)n2)n1. The van der Waals surface area contributed by atoms with E-state index in [1.54, 1.807) is 6.20 Å². The second-order valence-corrected chi connectivity index (χ2v) is 8.50. The highest BCUT2D eigenvalue weighted by atomic mass is 16.5. The number of benzene rings is 1. The van der Waals surface area contributed by atoms with E-state index in [1.807, 2.05) is 79.7 Å². The van der Waals surface area contributed by atoms with Gasteiger partial charge in [-0.2, -0.15) is 0 Å². The summed E-state index contributed by atoms with van der Waals surface area (Å²) in [6, 6.07) is 28.0. The summed E-state index contributed by atoms with van der Waals surface area (Å²) < 4.78 is 12.3. The van der Waals surface area contributed by atoms with E-state index in [9.17, 15) is 0 Å². The van der Waals surface area contributed by atoms with E-state index in [2.05, 4.69) is 31.0 Å². The Kier molecular flexibility index (Phi) is 8.12. The molecule has 0 radical (unpaired) electrons. The number of rotatable bonds is 10. The molecule has 0 saturated heterocycles. The van der Waals surface area contributed by atoms with E-state index in [0.717, 1.165) is 34.0 Å². The molecule has 4 rings (SSSR count). The summed E-state index contributed by atoms with van der Waals surface area (Å²) in [5.74, 6) is 0.426. The Balaban J connectivity index is 1.68. The predicted octanol–water partition coefficient (Wildman–Crippen LogP) is 6.43. The lowest BCUT2D eigenvalue weighted by atomic mass is 10.0. The molecule has 2 unspecified atom stereocenters. The van der Waals surface area contributed by atoms with E-state index in [4.69, 9.17) is 19.4 Å². The quantitative estimate of drug-likeness (QED) is 0.277. The van der Waals surface area contributed by atoms with Crippen LogP contribution in [0.3, 0.4) is 0 Å². The van der Waals surface area contributed by atoms with Crippen molar-refractivity contribution in [1.82, 2.24) is 15.0 Å². The minimum Gasteiger partial charge on any atom is -0.367 e. The Morgan fingerprint density at radius 1 is 0.647 bits per heavy atom. The van der Waals surface area contributed by atoms with Gasteiger partial charge in [-0.1, -0.05) is 62.4 Å². The standard InChI is InChI=1S/C29H31N3O2/c1-4-33-29(25-14-8-9-19-30-25)27-18-11-16-24(32-27)23-15-10-17-26(31-23)28(34-20-21(2)3)22-12-6-5-7-13-22/h5-19,21,28-29H,4,20H2,1-3H3. The second-order valence-electron chi connectivity index (χ2n) is 8.50. The summed E-state index contributed by atoms with van der Waals surface area (Å²) in [4.78, 5) is 14.4. The number of aromatic nitrogens is 3. The Morgan fingerprint density at radius 3 is 1.85 bits per heavy atom. The molecular weight excluding hydrogens is 422 g/mol. The molecule has 0 spiro atoms. The van der Waals surface area contributed by atoms with E-state index in [1.165, 1.54) is 0 Å². The monoisotopic (exact) mass is 453 g/mol. The van der Waals surface area contributed by atoms with Gasteiger partial charge >= 0.3 is 0 Å². The maximum atomic E-state index is 6.31. The molecule has 34 heavy (non-hydrogen) atoms. The zero-order chi connectivity index (χ0) is 23.8. The molecule has 0 fully saturated rings. The average molecular weight is 454 g/mol. The van der Waals surface area contributed by atoms with Crippen LogP contribution in [0.15, 0.2) is 91.1 Å². The van der Waals surface area contributed by atoms with Crippen molar-refractivity contribution in [2.24, 2.45) is 5.92 Å². The Morgan fingerprint density at radius 2 is 1.26 bits per heavy atom. The summed E-state index contributed by atoms with van der Waals surface area (Å²) in [6.07, 6.45) is 1.20. The van der Waals surface area contributed by atoms with Gasteiger partial charge in [-0.15, -0.1) is 0 Å². The fourth-order valence-electron chi connectivity index (χ4n) is 3.77. The number of pyridine rings is 3. The van der Waals surface area contributed by atoms with Crippen LogP contribution in [0.2, 0.25) is 0 Å². The topological polar surface area (TPSA) is 57.1 Å². The molecule has 5 nitrogen and oxygen atoms in total. The maximum absolute atomic E-state index is 6.31. The van der Waals surface area contributed by atoms with Crippen molar-refractivity contribution < 1.29 is 9.47 Å². The summed E-state index contributed by atoms with van der Waals surface area (Å²) in [7, 11) is 0. The van der Waals surface area contributed by atoms with Crippen molar-refractivity contribution in [3.8, 4) is 11.4 Å². The van der Waals surface area contributed by atoms with Gasteiger partial charge in [0.25, 0.3) is 0 Å². The number of nitrogens with zero attached hydrogens (tertiary/aromatic N) is 3. The fourth-order valence-corrected chi connectivity index (χ4v) is 3.77. The highest BCUT2D eigenvalue weighted by molar-refractivity contribution is 5.55. The van der Waals surface area contributed by atoms with Gasteiger partial charge in [0.15, 0.2) is 0 Å². The van der Waals surface area contributed by atoms with E-state index in [0.29, 0.717) is 19.1 Å². The average Bonchev–Trinajstić information content (AvgIpc) is 2.89. The van der Waals surface area contributed by atoms with Crippen LogP contribution in [-0.4, -0.2) is 28.2 Å². The van der Waals surface area contributed by atoms with Crippen molar-refractivity contribution in [1.29, 1.82) is 0 Å². The van der Waals surface area contributed by atoms with Crippen LogP contribution in [-0.2, 0) is 9.47 Å². The predicted molar refractivity (Wildman–Crippen MR) is 134 cm³/mol. The number of hydrogen-bond donors (Lipinski definition) is 0. The van der Waals surface area contributed by atoms with Crippen LogP contribution >= 0.6 is 0 Å². The van der Waals surface area contributed by atoms with Crippen LogP contribution < -0.4 is 0 Å². The first-order valence-electron chi connectivity index (χ1n) is 11.8. The lowest BCUT2D eigenvalue weighted by molar-refractivity contribution is 0.0577. The zero-order valence-corrected chi connectivity index (χ0v) is 20.0. The van der Waals surface area contributed by atoms with Crippen molar-refractivity contribution in [3.05, 3.63) is 114 Å². The first kappa shape index (κ1) is 23.7. The molecule has 0 amide bonds. The van der Waals surface area contributed by atoms with Gasteiger partial charge in [-0.3, -0.25) is 4.98 Å². The van der Waals surface area contributed by atoms with Crippen LogP contribution in [0, 0.1) is 5.92 Å². The third-order valence-corrected chi connectivity index (χ3v) is 5.33. The summed E-state index contributed by atoms with van der Waals surface area (Å²) in [5, 5.41) is 0. The van der Waals surface area contributed by atoms with Gasteiger partial charge < -0.3 is 9.47 Å². The molecule has 174 valence electrons. The third-order valence-electron chi connectivity index (χ3n) is 5.33. The van der Waals surface area contributed by atoms with Gasteiger partial charge in [0.2, 0.25) is 0 Å². The normalized spacial score (nSPS) is 13.1. The first-order valence-corrected chi connectivity index (χ1v) is 11.8. The molecule has 5 heteroatoms. The molecule has 3 aromatic heterocycles. The van der Waals surface area contributed by atoms with Crippen molar-refractivity contribution in [2.75, 3.05) is 13.2 Å². The van der Waals surface area contributed by atoms with Gasteiger partial charge in [0.1, 0.15) is 12.2 Å².